The van der Waals surface area contributed by atoms with Gasteiger partial charge in [0, 0.05) is 31.5 Å². The van der Waals surface area contributed by atoms with E-state index in [1.54, 1.807) is 18.5 Å². The number of rotatable bonds is 8. The molecule has 0 spiro atoms. The lowest BCUT2D eigenvalue weighted by atomic mass is 10.1. The third-order valence-corrected chi connectivity index (χ3v) is 4.26. The Bertz CT molecular complexity index is 708. The van der Waals surface area contributed by atoms with E-state index in [-0.39, 0.29) is 5.91 Å². The summed E-state index contributed by atoms with van der Waals surface area (Å²) >= 11 is 0. The third-order valence-electron chi connectivity index (χ3n) is 4.26. The highest BCUT2D eigenvalue weighted by Crippen LogP contribution is 2.15. The van der Waals surface area contributed by atoms with Gasteiger partial charge in [-0.2, -0.15) is 5.10 Å². The molecule has 2 N–H and O–H groups in total. The number of piperidine rings is 1. The Kier molecular flexibility index (Phi) is 6.78. The van der Waals surface area contributed by atoms with E-state index in [4.69, 9.17) is 4.74 Å². The summed E-state index contributed by atoms with van der Waals surface area (Å²) in [6.45, 7) is 4.14. The maximum atomic E-state index is 11.7. The number of aromatic amines is 1. The van der Waals surface area contributed by atoms with Gasteiger partial charge in [-0.15, -0.1) is 0 Å². The number of H-pyrrole nitrogens is 1. The third kappa shape index (κ3) is 5.70. The summed E-state index contributed by atoms with van der Waals surface area (Å²) in [4.78, 5) is 18.4. The van der Waals surface area contributed by atoms with Crippen LogP contribution in [-0.2, 0) is 6.54 Å². The van der Waals surface area contributed by atoms with E-state index in [0.717, 1.165) is 6.54 Å². The lowest BCUT2D eigenvalue weighted by molar-refractivity contribution is 0.0953. The largest absolute Gasteiger partial charge is 0.473 e. The van der Waals surface area contributed by atoms with Crippen LogP contribution >= 0.6 is 0 Å². The molecule has 2 aromatic heterocycles. The van der Waals surface area contributed by atoms with Crippen LogP contribution in [0.25, 0.3) is 0 Å². The number of carbonyl (C=O) groups excluding carboxylic acids is 1. The second kappa shape index (κ2) is 9.72. The van der Waals surface area contributed by atoms with Crippen molar-refractivity contribution in [3.63, 3.8) is 0 Å². The molecule has 1 aliphatic heterocycles. The van der Waals surface area contributed by atoms with Crippen molar-refractivity contribution in [1.82, 2.24) is 25.4 Å². The van der Waals surface area contributed by atoms with Gasteiger partial charge < -0.3 is 10.1 Å². The van der Waals surface area contributed by atoms with Crippen LogP contribution in [0.15, 0.2) is 42.7 Å². The van der Waals surface area contributed by atoms with Gasteiger partial charge in [0.2, 0.25) is 5.88 Å². The number of pyridine rings is 1. The van der Waals surface area contributed by atoms with Gasteiger partial charge in [-0.25, -0.2) is 4.98 Å². The minimum atomic E-state index is -0.205. The molecular weight excluding hydrogens is 330 g/mol. The first-order chi connectivity index (χ1) is 12.8. The zero-order chi connectivity index (χ0) is 18.0. The number of likely N-dealkylation sites (tertiary alicyclic amines) is 1. The quantitative estimate of drug-likeness (QED) is 0.709. The maximum Gasteiger partial charge on any atom is 0.272 e. The second-order valence-corrected chi connectivity index (χ2v) is 6.29. The van der Waals surface area contributed by atoms with E-state index in [1.807, 2.05) is 24.3 Å². The van der Waals surface area contributed by atoms with E-state index in [0.29, 0.717) is 24.7 Å². The van der Waals surface area contributed by atoms with Gasteiger partial charge >= 0.3 is 0 Å². The lowest BCUT2D eigenvalue weighted by Gasteiger charge is -2.26. The SMILES string of the molecule is O=C(NCC=CCOc1cc(CN2CCCCC2)ccn1)c1cc[nH]n1. The summed E-state index contributed by atoms with van der Waals surface area (Å²) in [7, 11) is 0. The van der Waals surface area contributed by atoms with E-state index >= 15 is 0 Å². The predicted octanol–water partition coefficient (Wildman–Crippen LogP) is 2.16. The lowest BCUT2D eigenvalue weighted by Crippen LogP contribution is -2.29. The summed E-state index contributed by atoms with van der Waals surface area (Å²) in [5.74, 6) is 0.425. The van der Waals surface area contributed by atoms with Gasteiger partial charge in [0.05, 0.1) is 0 Å². The highest BCUT2D eigenvalue weighted by molar-refractivity contribution is 5.92. The summed E-state index contributed by atoms with van der Waals surface area (Å²) in [6, 6.07) is 5.67. The number of aromatic nitrogens is 3. The first-order valence-corrected chi connectivity index (χ1v) is 9.04. The van der Waals surface area contributed by atoms with Crippen molar-refractivity contribution in [2.45, 2.75) is 25.8 Å². The Labute approximate surface area is 153 Å². The van der Waals surface area contributed by atoms with Gasteiger partial charge in [0.15, 0.2) is 0 Å². The van der Waals surface area contributed by atoms with Crippen LogP contribution in [0.1, 0.15) is 35.3 Å². The molecule has 0 bridgehead atoms. The minimum Gasteiger partial charge on any atom is -0.473 e. The highest BCUT2D eigenvalue weighted by Gasteiger charge is 2.10. The zero-order valence-corrected chi connectivity index (χ0v) is 14.9. The maximum absolute atomic E-state index is 11.7. The zero-order valence-electron chi connectivity index (χ0n) is 14.9. The molecule has 1 aliphatic rings. The Morgan fingerprint density at radius 2 is 2.15 bits per heavy atom. The Hall–Kier alpha value is -2.67. The number of carbonyl (C=O) groups is 1. The minimum absolute atomic E-state index is 0.205. The molecule has 7 heteroatoms. The van der Waals surface area contributed by atoms with Crippen LogP contribution in [0, 0.1) is 0 Å². The summed E-state index contributed by atoms with van der Waals surface area (Å²) in [5, 5.41) is 9.19. The first-order valence-electron chi connectivity index (χ1n) is 9.04. The summed E-state index contributed by atoms with van der Waals surface area (Å²) in [6.07, 6.45) is 11.0. The number of amides is 1. The monoisotopic (exact) mass is 355 g/mol. The Morgan fingerprint density at radius 1 is 1.27 bits per heavy atom. The fraction of sp³-hybridized carbons (Fsp3) is 0.421. The smallest absolute Gasteiger partial charge is 0.272 e. The molecule has 1 saturated heterocycles. The van der Waals surface area contributed by atoms with E-state index in [1.165, 1.54) is 37.9 Å². The van der Waals surface area contributed by atoms with Crippen LogP contribution in [0.2, 0.25) is 0 Å². The van der Waals surface area contributed by atoms with E-state index < -0.39 is 0 Å². The topological polar surface area (TPSA) is 83.1 Å². The number of nitrogens with zero attached hydrogens (tertiary/aromatic N) is 3. The Balaban J connectivity index is 1.37. The van der Waals surface area contributed by atoms with Crippen molar-refractivity contribution in [2.75, 3.05) is 26.2 Å². The van der Waals surface area contributed by atoms with Gasteiger partial charge in [-0.1, -0.05) is 12.5 Å². The summed E-state index contributed by atoms with van der Waals surface area (Å²) < 4.78 is 5.67. The van der Waals surface area contributed by atoms with Crippen molar-refractivity contribution in [3.8, 4) is 5.88 Å². The van der Waals surface area contributed by atoms with Crippen LogP contribution in [0.5, 0.6) is 5.88 Å². The molecule has 7 nitrogen and oxygen atoms in total. The summed E-state index contributed by atoms with van der Waals surface area (Å²) in [5.41, 5.74) is 1.61. The molecule has 0 radical (unpaired) electrons. The molecule has 1 fully saturated rings. The van der Waals surface area contributed by atoms with E-state index in [2.05, 4.69) is 25.4 Å². The van der Waals surface area contributed by atoms with Crippen LogP contribution < -0.4 is 10.1 Å². The van der Waals surface area contributed by atoms with Crippen molar-refractivity contribution in [1.29, 1.82) is 0 Å². The van der Waals surface area contributed by atoms with Crippen LogP contribution in [0.3, 0.4) is 0 Å². The molecule has 1 amide bonds. The fourth-order valence-electron chi connectivity index (χ4n) is 2.92. The molecule has 138 valence electrons. The molecule has 0 unspecified atom stereocenters. The number of hydrogen-bond acceptors (Lipinski definition) is 5. The molecule has 0 atom stereocenters. The van der Waals surface area contributed by atoms with Gasteiger partial charge in [0.25, 0.3) is 5.91 Å². The van der Waals surface area contributed by atoms with Crippen molar-refractivity contribution in [3.05, 3.63) is 54.0 Å². The van der Waals surface area contributed by atoms with Crippen LogP contribution in [-0.4, -0.2) is 52.2 Å². The number of hydrogen-bond donors (Lipinski definition) is 2. The van der Waals surface area contributed by atoms with Crippen molar-refractivity contribution < 1.29 is 9.53 Å². The molecule has 0 aliphatic carbocycles. The average Bonchev–Trinajstić information content (AvgIpc) is 3.20. The predicted molar refractivity (Wildman–Crippen MR) is 98.9 cm³/mol. The van der Waals surface area contributed by atoms with Crippen molar-refractivity contribution >= 4 is 5.91 Å². The molecule has 2 aromatic rings. The molecular formula is C19H25N5O2. The van der Waals surface area contributed by atoms with E-state index in [9.17, 15) is 4.79 Å². The first kappa shape index (κ1) is 18.1. The second-order valence-electron chi connectivity index (χ2n) is 6.29. The fourth-order valence-corrected chi connectivity index (χ4v) is 2.92. The molecule has 3 heterocycles. The van der Waals surface area contributed by atoms with Gasteiger partial charge in [0.1, 0.15) is 12.3 Å². The highest BCUT2D eigenvalue weighted by atomic mass is 16.5. The molecule has 26 heavy (non-hydrogen) atoms. The number of nitrogens with one attached hydrogen (secondary N) is 2. The normalized spacial score (nSPS) is 15.2. The molecule has 0 saturated carbocycles. The average molecular weight is 355 g/mol. The van der Waals surface area contributed by atoms with Crippen molar-refractivity contribution in [2.24, 2.45) is 0 Å². The number of ether oxygens (including phenoxy) is 1. The molecule has 0 aromatic carbocycles. The van der Waals surface area contributed by atoms with Gasteiger partial charge in [-0.05, 0) is 49.7 Å². The Morgan fingerprint density at radius 3 is 2.96 bits per heavy atom. The van der Waals surface area contributed by atoms with Gasteiger partial charge in [-0.3, -0.25) is 14.8 Å². The standard InChI is InChI=1S/C19H25N5O2/c25-19(17-7-10-22-23-17)21-8-2-5-13-26-18-14-16(6-9-20-18)15-24-11-3-1-4-12-24/h2,5-7,9-10,14H,1,3-4,8,11-13,15H2,(H,21,25)(H,22,23). The molecule has 3 rings (SSSR count). The van der Waals surface area contributed by atoms with Crippen LogP contribution in [0.4, 0.5) is 0 Å².